The van der Waals surface area contributed by atoms with Crippen molar-refractivity contribution in [1.82, 2.24) is 5.32 Å². The molecule has 2 aliphatic rings. The molecule has 2 N–H and O–H groups in total. The average Bonchev–Trinajstić information content (AvgIpc) is 2.49. The lowest BCUT2D eigenvalue weighted by Gasteiger charge is -2.25. The summed E-state index contributed by atoms with van der Waals surface area (Å²) in [5.41, 5.74) is 1.94. The summed E-state index contributed by atoms with van der Waals surface area (Å²) in [6.45, 7) is 1.96. The smallest absolute Gasteiger partial charge is 0.235 e. The predicted octanol–water partition coefficient (Wildman–Crippen LogP) is 1.65. The Kier molecular flexibility index (Phi) is 2.21. The van der Waals surface area contributed by atoms with Crippen molar-refractivity contribution >= 4 is 11.6 Å². The first-order valence-electron chi connectivity index (χ1n) is 5.95. The van der Waals surface area contributed by atoms with E-state index in [2.05, 4.69) is 16.7 Å². The molecule has 1 aromatic carbocycles. The van der Waals surface area contributed by atoms with E-state index in [-0.39, 0.29) is 11.3 Å². The van der Waals surface area contributed by atoms with Crippen LogP contribution in [0.15, 0.2) is 24.3 Å². The van der Waals surface area contributed by atoms with E-state index in [1.54, 1.807) is 0 Å². The topological polar surface area (TPSA) is 41.1 Å². The Balaban J connectivity index is 2.08. The summed E-state index contributed by atoms with van der Waals surface area (Å²) in [5.74, 6) is 0.192. The number of hydrogen-bond acceptors (Lipinski definition) is 2. The fourth-order valence-corrected chi connectivity index (χ4v) is 2.94. The van der Waals surface area contributed by atoms with Gasteiger partial charge >= 0.3 is 0 Å². The van der Waals surface area contributed by atoms with Crippen molar-refractivity contribution in [2.45, 2.75) is 24.7 Å². The number of para-hydroxylation sites is 1. The van der Waals surface area contributed by atoms with Crippen molar-refractivity contribution < 1.29 is 4.79 Å². The van der Waals surface area contributed by atoms with Crippen molar-refractivity contribution in [3.05, 3.63) is 29.8 Å². The van der Waals surface area contributed by atoms with Crippen molar-refractivity contribution in [3.8, 4) is 0 Å². The molecule has 0 radical (unpaired) electrons. The Morgan fingerprint density at radius 3 is 2.94 bits per heavy atom. The summed E-state index contributed by atoms with van der Waals surface area (Å²) < 4.78 is 0. The molecule has 3 nitrogen and oxygen atoms in total. The summed E-state index contributed by atoms with van der Waals surface area (Å²) in [7, 11) is 0. The van der Waals surface area contributed by atoms with E-state index in [1.165, 1.54) is 5.56 Å². The highest BCUT2D eigenvalue weighted by Crippen LogP contribution is 2.43. The third-order valence-corrected chi connectivity index (χ3v) is 3.81. The molecule has 1 amide bonds. The molecule has 2 heterocycles. The number of carbonyl (C=O) groups excluding carboxylic acids is 1. The number of benzene rings is 1. The minimum absolute atomic E-state index is 0.192. The van der Waals surface area contributed by atoms with E-state index in [9.17, 15) is 4.79 Å². The van der Waals surface area contributed by atoms with Crippen LogP contribution in [0.3, 0.4) is 0 Å². The van der Waals surface area contributed by atoms with Crippen molar-refractivity contribution in [2.24, 2.45) is 0 Å². The number of rotatable bonds is 0. The first kappa shape index (κ1) is 9.85. The fraction of sp³-hybridized carbons (Fsp3) is 0.462. The van der Waals surface area contributed by atoms with Gasteiger partial charge < -0.3 is 10.6 Å². The Labute approximate surface area is 95.2 Å². The molecule has 1 unspecified atom stereocenters. The molecule has 1 spiro atoms. The van der Waals surface area contributed by atoms with E-state index >= 15 is 0 Å². The molecule has 16 heavy (non-hydrogen) atoms. The zero-order valence-corrected chi connectivity index (χ0v) is 9.25. The SMILES string of the molecule is O=C1Nc2ccccc2C12CCCNCC2. The van der Waals surface area contributed by atoms with Crippen LogP contribution in [0, 0.1) is 0 Å². The summed E-state index contributed by atoms with van der Waals surface area (Å²) in [6.07, 6.45) is 2.94. The second-order valence-corrected chi connectivity index (χ2v) is 4.69. The van der Waals surface area contributed by atoms with Gasteiger partial charge in [-0.25, -0.2) is 0 Å². The van der Waals surface area contributed by atoms with Gasteiger partial charge in [-0.3, -0.25) is 4.79 Å². The Hall–Kier alpha value is -1.35. The highest BCUT2D eigenvalue weighted by Gasteiger charge is 2.45. The maximum absolute atomic E-state index is 12.2. The maximum Gasteiger partial charge on any atom is 0.235 e. The number of carbonyl (C=O) groups is 1. The van der Waals surface area contributed by atoms with Gasteiger partial charge in [0, 0.05) is 5.69 Å². The molecule has 0 saturated carbocycles. The van der Waals surface area contributed by atoms with Gasteiger partial charge in [-0.05, 0) is 44.0 Å². The predicted molar refractivity (Wildman–Crippen MR) is 63.5 cm³/mol. The third kappa shape index (κ3) is 1.28. The molecule has 1 atom stereocenters. The lowest BCUT2D eigenvalue weighted by Crippen LogP contribution is -2.35. The second kappa shape index (κ2) is 3.59. The van der Waals surface area contributed by atoms with Crippen LogP contribution in [0.4, 0.5) is 5.69 Å². The van der Waals surface area contributed by atoms with Crippen LogP contribution in [-0.2, 0) is 10.2 Å². The summed E-state index contributed by atoms with van der Waals surface area (Å²) in [4.78, 5) is 12.2. The summed E-state index contributed by atoms with van der Waals surface area (Å²) >= 11 is 0. The van der Waals surface area contributed by atoms with Crippen LogP contribution in [0.5, 0.6) is 0 Å². The lowest BCUT2D eigenvalue weighted by atomic mass is 9.75. The first-order valence-corrected chi connectivity index (χ1v) is 5.95. The molecule has 1 saturated heterocycles. The van der Waals surface area contributed by atoms with Gasteiger partial charge in [-0.2, -0.15) is 0 Å². The molecule has 3 heteroatoms. The van der Waals surface area contributed by atoms with Crippen molar-refractivity contribution in [2.75, 3.05) is 18.4 Å². The van der Waals surface area contributed by atoms with E-state index < -0.39 is 0 Å². The van der Waals surface area contributed by atoms with Gasteiger partial charge in [0.05, 0.1) is 5.41 Å². The summed E-state index contributed by atoms with van der Waals surface area (Å²) in [5, 5.41) is 6.39. The highest BCUT2D eigenvalue weighted by atomic mass is 16.2. The fourth-order valence-electron chi connectivity index (χ4n) is 2.94. The number of anilines is 1. The molecular weight excluding hydrogens is 200 g/mol. The van der Waals surface area contributed by atoms with Gasteiger partial charge in [-0.15, -0.1) is 0 Å². The van der Waals surface area contributed by atoms with E-state index in [4.69, 9.17) is 0 Å². The zero-order chi connectivity index (χ0) is 11.0. The van der Waals surface area contributed by atoms with E-state index in [0.717, 1.165) is 38.0 Å². The van der Waals surface area contributed by atoms with Crippen LogP contribution < -0.4 is 10.6 Å². The molecular formula is C13H16N2O. The number of fused-ring (bicyclic) bond motifs is 2. The Morgan fingerprint density at radius 1 is 1.12 bits per heavy atom. The molecule has 1 aromatic rings. The number of nitrogens with one attached hydrogen (secondary N) is 2. The zero-order valence-electron chi connectivity index (χ0n) is 9.25. The molecule has 0 bridgehead atoms. The second-order valence-electron chi connectivity index (χ2n) is 4.69. The van der Waals surface area contributed by atoms with Crippen LogP contribution in [0.2, 0.25) is 0 Å². The Morgan fingerprint density at radius 2 is 2.00 bits per heavy atom. The lowest BCUT2D eigenvalue weighted by molar-refractivity contribution is -0.121. The minimum Gasteiger partial charge on any atom is -0.325 e. The highest BCUT2D eigenvalue weighted by molar-refractivity contribution is 6.06. The van der Waals surface area contributed by atoms with Crippen LogP contribution in [0.1, 0.15) is 24.8 Å². The number of amides is 1. The third-order valence-electron chi connectivity index (χ3n) is 3.81. The monoisotopic (exact) mass is 216 g/mol. The molecule has 1 fully saturated rings. The minimum atomic E-state index is -0.264. The molecule has 84 valence electrons. The maximum atomic E-state index is 12.2. The molecule has 2 aliphatic heterocycles. The standard InChI is InChI=1S/C13H16N2O/c16-12-13(6-3-8-14-9-7-13)10-4-1-2-5-11(10)15-12/h1-2,4-5,14H,3,6-9H2,(H,15,16). The summed E-state index contributed by atoms with van der Waals surface area (Å²) in [6, 6.07) is 8.10. The van der Waals surface area contributed by atoms with Crippen LogP contribution in [0.25, 0.3) is 0 Å². The van der Waals surface area contributed by atoms with Crippen molar-refractivity contribution in [1.29, 1.82) is 0 Å². The normalized spacial score (nSPS) is 28.6. The largest absolute Gasteiger partial charge is 0.325 e. The van der Waals surface area contributed by atoms with Crippen LogP contribution >= 0.6 is 0 Å². The molecule has 3 rings (SSSR count). The van der Waals surface area contributed by atoms with Gasteiger partial charge in [-0.1, -0.05) is 18.2 Å². The number of hydrogen-bond donors (Lipinski definition) is 2. The van der Waals surface area contributed by atoms with E-state index in [1.807, 2.05) is 18.2 Å². The van der Waals surface area contributed by atoms with Gasteiger partial charge in [0.1, 0.15) is 0 Å². The first-order chi connectivity index (χ1) is 7.83. The van der Waals surface area contributed by atoms with E-state index in [0.29, 0.717) is 0 Å². The van der Waals surface area contributed by atoms with Gasteiger partial charge in [0.25, 0.3) is 0 Å². The molecule has 0 aromatic heterocycles. The quantitative estimate of drug-likeness (QED) is 0.692. The van der Waals surface area contributed by atoms with Gasteiger partial charge in [0.2, 0.25) is 5.91 Å². The Bertz CT molecular complexity index is 420. The van der Waals surface area contributed by atoms with Crippen molar-refractivity contribution in [3.63, 3.8) is 0 Å². The average molecular weight is 216 g/mol. The van der Waals surface area contributed by atoms with Gasteiger partial charge in [0.15, 0.2) is 0 Å². The molecule has 0 aliphatic carbocycles. The van der Waals surface area contributed by atoms with Crippen LogP contribution in [-0.4, -0.2) is 19.0 Å².